The Morgan fingerprint density at radius 1 is 1.13 bits per heavy atom. The van der Waals surface area contributed by atoms with E-state index in [1.165, 1.54) is 0 Å². The van der Waals surface area contributed by atoms with E-state index in [0.717, 1.165) is 11.8 Å². The van der Waals surface area contributed by atoms with E-state index in [0.29, 0.717) is 34.7 Å². The highest BCUT2D eigenvalue weighted by Crippen LogP contribution is 2.28. The van der Waals surface area contributed by atoms with E-state index in [-0.39, 0.29) is 5.78 Å². The average Bonchev–Trinajstić information content (AvgIpc) is 2.59. The molecule has 0 fully saturated rings. The first-order chi connectivity index (χ1) is 11.2. The summed E-state index contributed by atoms with van der Waals surface area (Å²) >= 11 is 0. The largest absolute Gasteiger partial charge is 0.491 e. The molecule has 0 atom stereocenters. The molecule has 2 aromatic carbocycles. The van der Waals surface area contributed by atoms with Crippen LogP contribution in [-0.2, 0) is 0 Å². The van der Waals surface area contributed by atoms with Crippen molar-refractivity contribution in [2.75, 3.05) is 12.3 Å². The molecule has 0 unspecified atom stereocenters. The molecule has 0 spiro atoms. The van der Waals surface area contributed by atoms with E-state index in [1.807, 2.05) is 18.2 Å². The summed E-state index contributed by atoms with van der Waals surface area (Å²) in [5, 5.41) is 0.794. The van der Waals surface area contributed by atoms with Gasteiger partial charge in [0.05, 0.1) is 6.61 Å². The van der Waals surface area contributed by atoms with Crippen molar-refractivity contribution in [2.24, 2.45) is 0 Å². The number of ketones is 1. The molecule has 0 aliphatic carbocycles. The summed E-state index contributed by atoms with van der Waals surface area (Å²) in [6.07, 6.45) is 2.62. The number of hydrogen-bond donors (Lipinski definition) is 1. The van der Waals surface area contributed by atoms with Gasteiger partial charge in [-0.25, -0.2) is 0 Å². The maximum atomic E-state index is 12.8. The van der Waals surface area contributed by atoms with E-state index in [9.17, 15) is 4.79 Å². The van der Waals surface area contributed by atoms with E-state index < -0.39 is 0 Å². The normalized spacial score (nSPS) is 10.7. The van der Waals surface area contributed by atoms with Gasteiger partial charge in [-0.3, -0.25) is 9.78 Å². The lowest BCUT2D eigenvalue weighted by atomic mass is 9.98. The van der Waals surface area contributed by atoms with Crippen molar-refractivity contribution >= 4 is 22.4 Å². The summed E-state index contributed by atoms with van der Waals surface area (Å²) < 4.78 is 5.73. The molecule has 0 amide bonds. The molecule has 0 saturated carbocycles. The predicted molar refractivity (Wildman–Crippen MR) is 91.8 cm³/mol. The standard InChI is InChI=1S/C19H18N2O2/c1-2-12-23-17-10-9-16(15-4-3-11-21-18(15)17)19(22)13-5-7-14(20)8-6-13/h3-11H,2,12,20H2,1H3. The first-order valence-electron chi connectivity index (χ1n) is 7.61. The number of nitrogens with two attached hydrogens (primary N) is 1. The van der Waals surface area contributed by atoms with E-state index >= 15 is 0 Å². The number of rotatable bonds is 5. The minimum atomic E-state index is -0.0509. The van der Waals surface area contributed by atoms with Gasteiger partial charge in [0.1, 0.15) is 11.3 Å². The lowest BCUT2D eigenvalue weighted by molar-refractivity contribution is 0.104. The third-order valence-electron chi connectivity index (χ3n) is 3.61. The Morgan fingerprint density at radius 3 is 2.65 bits per heavy atom. The second-order valence-electron chi connectivity index (χ2n) is 5.31. The van der Waals surface area contributed by atoms with Gasteiger partial charge in [0.15, 0.2) is 5.78 Å². The van der Waals surface area contributed by atoms with Crippen molar-refractivity contribution < 1.29 is 9.53 Å². The van der Waals surface area contributed by atoms with Gasteiger partial charge >= 0.3 is 0 Å². The molecule has 0 bridgehead atoms. The highest BCUT2D eigenvalue weighted by Gasteiger charge is 2.15. The molecule has 3 aromatic rings. The molecular formula is C19H18N2O2. The number of fused-ring (bicyclic) bond motifs is 1. The number of ether oxygens (including phenoxy) is 1. The summed E-state index contributed by atoms with van der Waals surface area (Å²) in [7, 11) is 0. The predicted octanol–water partition coefficient (Wildman–Crippen LogP) is 3.84. The Balaban J connectivity index is 2.08. The number of benzene rings is 2. The molecule has 23 heavy (non-hydrogen) atoms. The van der Waals surface area contributed by atoms with Crippen LogP contribution in [0.3, 0.4) is 0 Å². The molecule has 1 aromatic heterocycles. The zero-order chi connectivity index (χ0) is 16.2. The van der Waals surface area contributed by atoms with Crippen LogP contribution in [0.25, 0.3) is 10.9 Å². The van der Waals surface area contributed by atoms with Gasteiger partial charge in [-0.15, -0.1) is 0 Å². The fraction of sp³-hybridized carbons (Fsp3) is 0.158. The quantitative estimate of drug-likeness (QED) is 0.574. The Hall–Kier alpha value is -2.88. The van der Waals surface area contributed by atoms with Crippen LogP contribution in [0.2, 0.25) is 0 Å². The molecule has 116 valence electrons. The van der Waals surface area contributed by atoms with E-state index in [2.05, 4.69) is 11.9 Å². The maximum Gasteiger partial charge on any atom is 0.193 e. The van der Waals surface area contributed by atoms with Crippen LogP contribution >= 0.6 is 0 Å². The monoisotopic (exact) mass is 306 g/mol. The van der Waals surface area contributed by atoms with Crippen LogP contribution < -0.4 is 10.5 Å². The molecule has 4 heteroatoms. The van der Waals surface area contributed by atoms with Crippen LogP contribution in [0, 0.1) is 0 Å². The number of nitrogen functional groups attached to an aromatic ring is 1. The second kappa shape index (κ2) is 6.48. The number of nitrogens with zero attached hydrogens (tertiary/aromatic N) is 1. The average molecular weight is 306 g/mol. The smallest absolute Gasteiger partial charge is 0.193 e. The third kappa shape index (κ3) is 3.01. The minimum Gasteiger partial charge on any atom is -0.491 e. The Bertz CT molecular complexity index is 842. The maximum absolute atomic E-state index is 12.8. The van der Waals surface area contributed by atoms with Crippen molar-refractivity contribution in [3.8, 4) is 5.75 Å². The number of carbonyl (C=O) groups is 1. The highest BCUT2D eigenvalue weighted by atomic mass is 16.5. The van der Waals surface area contributed by atoms with Crippen molar-refractivity contribution in [3.63, 3.8) is 0 Å². The van der Waals surface area contributed by atoms with Crippen molar-refractivity contribution in [1.29, 1.82) is 0 Å². The van der Waals surface area contributed by atoms with Gasteiger partial charge in [0.25, 0.3) is 0 Å². The number of hydrogen-bond acceptors (Lipinski definition) is 4. The van der Waals surface area contributed by atoms with E-state index in [1.54, 1.807) is 36.5 Å². The van der Waals surface area contributed by atoms with E-state index in [4.69, 9.17) is 10.5 Å². The zero-order valence-corrected chi connectivity index (χ0v) is 13.0. The zero-order valence-electron chi connectivity index (χ0n) is 13.0. The number of carbonyl (C=O) groups excluding carboxylic acids is 1. The fourth-order valence-corrected chi connectivity index (χ4v) is 2.46. The molecule has 2 N–H and O–H groups in total. The topological polar surface area (TPSA) is 65.2 Å². The summed E-state index contributed by atoms with van der Waals surface area (Å²) in [6.45, 7) is 2.67. The van der Waals surface area contributed by atoms with Gasteiger partial charge < -0.3 is 10.5 Å². The van der Waals surface area contributed by atoms with Crippen molar-refractivity contribution in [3.05, 3.63) is 65.9 Å². The van der Waals surface area contributed by atoms with Gasteiger partial charge in [0, 0.05) is 28.4 Å². The van der Waals surface area contributed by atoms with Crippen LogP contribution in [0.1, 0.15) is 29.3 Å². The van der Waals surface area contributed by atoms with Crippen LogP contribution in [0.4, 0.5) is 5.69 Å². The Morgan fingerprint density at radius 2 is 1.91 bits per heavy atom. The van der Waals surface area contributed by atoms with Crippen molar-refractivity contribution in [2.45, 2.75) is 13.3 Å². The Labute approximate surface area is 134 Å². The highest BCUT2D eigenvalue weighted by molar-refractivity contribution is 6.16. The van der Waals surface area contributed by atoms with Crippen LogP contribution in [0.15, 0.2) is 54.7 Å². The SMILES string of the molecule is CCCOc1ccc(C(=O)c2ccc(N)cc2)c2cccnc12. The van der Waals surface area contributed by atoms with Gasteiger partial charge in [-0.2, -0.15) is 0 Å². The van der Waals surface area contributed by atoms with Crippen LogP contribution in [-0.4, -0.2) is 17.4 Å². The second-order valence-corrected chi connectivity index (χ2v) is 5.31. The fourth-order valence-electron chi connectivity index (χ4n) is 2.46. The number of pyridine rings is 1. The molecule has 3 rings (SSSR count). The molecule has 0 aliphatic rings. The van der Waals surface area contributed by atoms with Crippen LogP contribution in [0.5, 0.6) is 5.75 Å². The lowest BCUT2D eigenvalue weighted by Gasteiger charge is -2.11. The summed E-state index contributed by atoms with van der Waals surface area (Å²) in [5.41, 5.74) is 8.25. The Kier molecular flexibility index (Phi) is 4.24. The molecule has 0 aliphatic heterocycles. The van der Waals surface area contributed by atoms with Gasteiger partial charge in [-0.1, -0.05) is 13.0 Å². The van der Waals surface area contributed by atoms with Gasteiger partial charge in [-0.05, 0) is 48.9 Å². The molecule has 1 heterocycles. The minimum absolute atomic E-state index is 0.0509. The number of anilines is 1. The van der Waals surface area contributed by atoms with Crippen molar-refractivity contribution in [1.82, 2.24) is 4.98 Å². The first-order valence-corrected chi connectivity index (χ1v) is 7.61. The summed E-state index contributed by atoms with van der Waals surface area (Å²) in [4.78, 5) is 17.2. The lowest BCUT2D eigenvalue weighted by Crippen LogP contribution is -2.04. The van der Waals surface area contributed by atoms with Gasteiger partial charge in [0.2, 0.25) is 0 Å². The summed E-state index contributed by atoms with van der Waals surface area (Å²) in [6, 6.07) is 14.3. The molecule has 0 saturated heterocycles. The first kappa shape index (κ1) is 15.0. The summed E-state index contributed by atoms with van der Waals surface area (Å²) in [5.74, 6) is 0.654. The molecule has 0 radical (unpaired) electrons. The molecular weight excluding hydrogens is 288 g/mol. The number of aromatic nitrogens is 1. The third-order valence-corrected chi connectivity index (χ3v) is 3.61. The molecule has 4 nitrogen and oxygen atoms in total.